The molecule has 1 aliphatic heterocycles. The molecule has 2 rings (SSSR count). The standard InChI is InChI=1S/C14H17FN2O3/c1-9-8-17(14(19)20)10(2)7-16(9)13(18)11-3-5-12(15)6-4-11/h3-6,9-10H,7-8H2,1-2H3,(H,19,20)/t9?,10-/m0/s1. The predicted molar refractivity (Wildman–Crippen MR) is 71.1 cm³/mol. The lowest BCUT2D eigenvalue weighted by molar-refractivity contribution is 0.0330. The summed E-state index contributed by atoms with van der Waals surface area (Å²) >= 11 is 0. The maximum atomic E-state index is 12.9. The third-order valence-electron chi connectivity index (χ3n) is 3.58. The third kappa shape index (κ3) is 2.74. The van der Waals surface area contributed by atoms with Crippen LogP contribution in [-0.2, 0) is 0 Å². The van der Waals surface area contributed by atoms with Crippen molar-refractivity contribution >= 4 is 12.0 Å². The van der Waals surface area contributed by atoms with Crippen LogP contribution in [0, 0.1) is 5.82 Å². The van der Waals surface area contributed by atoms with Crippen molar-refractivity contribution in [2.75, 3.05) is 13.1 Å². The summed E-state index contributed by atoms with van der Waals surface area (Å²) in [6, 6.07) is 4.91. The average Bonchev–Trinajstić information content (AvgIpc) is 2.40. The van der Waals surface area contributed by atoms with E-state index in [1.807, 2.05) is 6.92 Å². The van der Waals surface area contributed by atoms with Crippen LogP contribution in [0.2, 0.25) is 0 Å². The summed E-state index contributed by atoms with van der Waals surface area (Å²) in [5.74, 6) is -0.590. The van der Waals surface area contributed by atoms with Gasteiger partial charge in [-0.15, -0.1) is 0 Å². The molecular weight excluding hydrogens is 263 g/mol. The molecule has 0 aliphatic carbocycles. The van der Waals surface area contributed by atoms with Gasteiger partial charge in [0.2, 0.25) is 0 Å². The maximum absolute atomic E-state index is 12.9. The van der Waals surface area contributed by atoms with Crippen molar-refractivity contribution < 1.29 is 19.1 Å². The number of benzene rings is 1. The fourth-order valence-electron chi connectivity index (χ4n) is 2.43. The van der Waals surface area contributed by atoms with E-state index >= 15 is 0 Å². The van der Waals surface area contributed by atoms with Crippen LogP contribution in [0.25, 0.3) is 0 Å². The normalized spacial score (nSPS) is 22.8. The van der Waals surface area contributed by atoms with Gasteiger partial charge in [0.05, 0.1) is 0 Å². The summed E-state index contributed by atoms with van der Waals surface area (Å²) in [6.07, 6.45) is -0.974. The number of rotatable bonds is 1. The molecule has 0 bridgehead atoms. The van der Waals surface area contributed by atoms with E-state index in [1.54, 1.807) is 11.8 Å². The maximum Gasteiger partial charge on any atom is 0.407 e. The number of carboxylic acid groups (broad SMARTS) is 1. The lowest BCUT2D eigenvalue weighted by Crippen LogP contribution is -2.59. The van der Waals surface area contributed by atoms with Gasteiger partial charge in [-0.05, 0) is 38.1 Å². The Hall–Kier alpha value is -2.11. The second-order valence-corrected chi connectivity index (χ2v) is 5.10. The van der Waals surface area contributed by atoms with Gasteiger partial charge in [0.25, 0.3) is 5.91 Å². The van der Waals surface area contributed by atoms with E-state index < -0.39 is 11.9 Å². The van der Waals surface area contributed by atoms with Gasteiger partial charge >= 0.3 is 6.09 Å². The number of piperazine rings is 1. The second-order valence-electron chi connectivity index (χ2n) is 5.10. The van der Waals surface area contributed by atoms with Crippen LogP contribution in [0.4, 0.5) is 9.18 Å². The highest BCUT2D eigenvalue weighted by Crippen LogP contribution is 2.18. The first-order valence-corrected chi connectivity index (χ1v) is 6.46. The van der Waals surface area contributed by atoms with Crippen LogP contribution in [0.5, 0.6) is 0 Å². The van der Waals surface area contributed by atoms with Gasteiger partial charge in [-0.25, -0.2) is 9.18 Å². The topological polar surface area (TPSA) is 60.9 Å². The highest BCUT2D eigenvalue weighted by molar-refractivity contribution is 5.94. The van der Waals surface area contributed by atoms with Crippen LogP contribution in [-0.4, -0.2) is 52.1 Å². The molecule has 108 valence electrons. The predicted octanol–water partition coefficient (Wildman–Crippen LogP) is 2.04. The molecule has 5 nitrogen and oxygen atoms in total. The van der Waals surface area contributed by atoms with E-state index in [4.69, 9.17) is 5.11 Å². The smallest absolute Gasteiger partial charge is 0.407 e. The lowest BCUT2D eigenvalue weighted by atomic mass is 10.1. The zero-order valence-electron chi connectivity index (χ0n) is 11.4. The second kappa shape index (κ2) is 5.48. The number of hydrogen-bond donors (Lipinski definition) is 1. The number of nitrogens with zero attached hydrogens (tertiary/aromatic N) is 2. The minimum atomic E-state index is -0.974. The molecule has 1 fully saturated rings. The van der Waals surface area contributed by atoms with Crippen molar-refractivity contribution in [3.05, 3.63) is 35.6 Å². The summed E-state index contributed by atoms with van der Waals surface area (Å²) in [4.78, 5) is 26.4. The zero-order chi connectivity index (χ0) is 14.9. The van der Waals surface area contributed by atoms with Crippen molar-refractivity contribution in [3.63, 3.8) is 0 Å². The van der Waals surface area contributed by atoms with Crippen molar-refractivity contribution in [1.82, 2.24) is 9.80 Å². The first kappa shape index (κ1) is 14.3. The number of carbonyl (C=O) groups is 2. The molecule has 1 aliphatic rings. The van der Waals surface area contributed by atoms with E-state index in [9.17, 15) is 14.0 Å². The Morgan fingerprint density at radius 1 is 1.10 bits per heavy atom. The molecule has 0 aromatic heterocycles. The van der Waals surface area contributed by atoms with E-state index in [0.717, 1.165) is 0 Å². The minimum Gasteiger partial charge on any atom is -0.465 e. The van der Waals surface area contributed by atoms with Gasteiger partial charge in [-0.1, -0.05) is 0 Å². The fraction of sp³-hybridized carbons (Fsp3) is 0.429. The van der Waals surface area contributed by atoms with Crippen LogP contribution >= 0.6 is 0 Å². The van der Waals surface area contributed by atoms with E-state index in [-0.39, 0.29) is 24.5 Å². The van der Waals surface area contributed by atoms with Crippen LogP contribution < -0.4 is 0 Å². The first-order valence-electron chi connectivity index (χ1n) is 6.46. The minimum absolute atomic E-state index is 0.200. The molecule has 1 unspecified atom stereocenters. The quantitative estimate of drug-likeness (QED) is 0.856. The molecule has 1 N–H and O–H groups in total. The molecule has 0 spiro atoms. The van der Waals surface area contributed by atoms with E-state index in [1.165, 1.54) is 29.2 Å². The Labute approximate surface area is 116 Å². The van der Waals surface area contributed by atoms with Crippen molar-refractivity contribution in [3.8, 4) is 0 Å². The van der Waals surface area contributed by atoms with Crippen LogP contribution in [0.15, 0.2) is 24.3 Å². The Balaban J connectivity index is 2.15. The van der Waals surface area contributed by atoms with E-state index in [2.05, 4.69) is 0 Å². The van der Waals surface area contributed by atoms with Gasteiger partial charge < -0.3 is 14.9 Å². The zero-order valence-corrected chi connectivity index (χ0v) is 11.4. The third-order valence-corrected chi connectivity index (χ3v) is 3.58. The average molecular weight is 280 g/mol. The summed E-state index contributed by atoms with van der Waals surface area (Å²) in [6.45, 7) is 4.20. The number of hydrogen-bond acceptors (Lipinski definition) is 2. The molecule has 0 radical (unpaired) electrons. The molecule has 2 amide bonds. The van der Waals surface area contributed by atoms with Crippen LogP contribution in [0.3, 0.4) is 0 Å². The Kier molecular flexibility index (Phi) is 3.92. The van der Waals surface area contributed by atoms with Gasteiger partial charge in [-0.2, -0.15) is 0 Å². The SMILES string of the molecule is CC1CN(C(=O)O)[C@@H](C)CN1C(=O)c1ccc(F)cc1. The number of halogens is 1. The molecule has 1 aromatic rings. The fourth-order valence-corrected chi connectivity index (χ4v) is 2.43. The number of amides is 2. The highest BCUT2D eigenvalue weighted by atomic mass is 19.1. The first-order chi connectivity index (χ1) is 9.40. The summed E-state index contributed by atoms with van der Waals surface area (Å²) in [5, 5.41) is 9.08. The van der Waals surface area contributed by atoms with Crippen molar-refractivity contribution in [2.45, 2.75) is 25.9 Å². The largest absolute Gasteiger partial charge is 0.465 e. The molecule has 1 heterocycles. The molecule has 1 aromatic carbocycles. The van der Waals surface area contributed by atoms with Gasteiger partial charge in [0.15, 0.2) is 0 Å². The Morgan fingerprint density at radius 3 is 2.15 bits per heavy atom. The summed E-state index contributed by atoms with van der Waals surface area (Å²) in [5.41, 5.74) is 0.411. The molecule has 1 saturated heterocycles. The summed E-state index contributed by atoms with van der Waals surface area (Å²) < 4.78 is 12.9. The number of carbonyl (C=O) groups excluding carboxylic acids is 1. The van der Waals surface area contributed by atoms with Gasteiger partial charge in [0, 0.05) is 30.7 Å². The van der Waals surface area contributed by atoms with E-state index in [0.29, 0.717) is 12.1 Å². The van der Waals surface area contributed by atoms with Crippen molar-refractivity contribution in [1.29, 1.82) is 0 Å². The summed E-state index contributed by atoms with van der Waals surface area (Å²) in [7, 11) is 0. The van der Waals surface area contributed by atoms with Crippen molar-refractivity contribution in [2.24, 2.45) is 0 Å². The molecule has 20 heavy (non-hydrogen) atoms. The molecule has 6 heteroatoms. The van der Waals surface area contributed by atoms with Gasteiger partial charge in [-0.3, -0.25) is 4.79 Å². The molecule has 0 saturated carbocycles. The monoisotopic (exact) mass is 280 g/mol. The lowest BCUT2D eigenvalue weighted by Gasteiger charge is -2.42. The Morgan fingerprint density at radius 2 is 1.60 bits per heavy atom. The molecule has 2 atom stereocenters. The molecular formula is C14H17FN2O3. The highest BCUT2D eigenvalue weighted by Gasteiger charge is 2.34. The van der Waals surface area contributed by atoms with Crippen LogP contribution in [0.1, 0.15) is 24.2 Å². The Bertz CT molecular complexity index is 518. The van der Waals surface area contributed by atoms with Gasteiger partial charge in [0.1, 0.15) is 5.82 Å².